The largest absolute Gasteiger partial charge is 1.00 e. The van der Waals surface area contributed by atoms with E-state index in [0.717, 1.165) is 30.5 Å². The molecule has 0 aromatic rings. The van der Waals surface area contributed by atoms with Crippen molar-refractivity contribution in [3.63, 3.8) is 0 Å². The zero-order chi connectivity index (χ0) is 29.7. The van der Waals surface area contributed by atoms with E-state index >= 15 is 0 Å². The molecule has 0 aromatic carbocycles. The molecule has 0 aliphatic rings. The Morgan fingerprint density at radius 1 is 0.744 bits per heavy atom. The molecule has 0 aliphatic carbocycles. The molecule has 1 unspecified atom stereocenters. The van der Waals surface area contributed by atoms with Gasteiger partial charge in [0.05, 0.1) is 54.3 Å². The van der Waals surface area contributed by atoms with E-state index in [0.29, 0.717) is 4.48 Å². The summed E-state index contributed by atoms with van der Waals surface area (Å²) in [6.07, 6.45) is 1.04. The molecule has 0 fully saturated rings. The average Bonchev–Trinajstić information content (AvgIpc) is 2.70. The van der Waals surface area contributed by atoms with Crippen LogP contribution < -0.4 is 85.3 Å². The van der Waals surface area contributed by atoms with Crippen molar-refractivity contribution >= 4 is 28.0 Å². The van der Waals surface area contributed by atoms with Crippen molar-refractivity contribution in [2.24, 2.45) is 0 Å². The van der Waals surface area contributed by atoms with Gasteiger partial charge in [0.1, 0.15) is 23.3 Å². The molecule has 17 heteroatoms. The van der Waals surface area contributed by atoms with Crippen molar-refractivity contribution in [2.45, 2.75) is 54.2 Å². The number of nitrogens with zero attached hydrogens (tertiary/aromatic N) is 2. The van der Waals surface area contributed by atoms with Gasteiger partial charge in [-0.25, -0.2) is 8.42 Å². The van der Waals surface area contributed by atoms with Crippen molar-refractivity contribution in [3.05, 3.63) is 0 Å². The van der Waals surface area contributed by atoms with Crippen LogP contribution in [0.25, 0.3) is 0 Å². The average molecular weight is 669 g/mol. The van der Waals surface area contributed by atoms with Gasteiger partial charge >= 0.3 is 65.1 Å². The normalized spacial score (nSPS) is 10.6. The van der Waals surface area contributed by atoms with Crippen LogP contribution in [0.4, 0.5) is 0 Å². The van der Waals surface area contributed by atoms with Crippen LogP contribution in [0.2, 0.25) is 0 Å². The molecule has 0 saturated carbocycles. The van der Waals surface area contributed by atoms with Crippen LogP contribution in [0.5, 0.6) is 0 Å². The van der Waals surface area contributed by atoms with Crippen LogP contribution in [0, 0.1) is 0 Å². The van der Waals surface area contributed by atoms with Gasteiger partial charge in [0.25, 0.3) is 0 Å². The molecule has 254 valence electrons. The third kappa shape index (κ3) is 52.0. The molecule has 0 bridgehead atoms. The number of carboxylic acids is 2. The molecule has 0 spiro atoms. The van der Waals surface area contributed by atoms with Crippen LogP contribution in [0.3, 0.4) is 0 Å². The van der Waals surface area contributed by atoms with Crippen LogP contribution in [0.15, 0.2) is 0 Å². The zero-order valence-corrected chi connectivity index (χ0v) is 30.4. The minimum absolute atomic E-state index is 0. The fraction of sp³-hybridized carbons (Fsp3) is 0.885. The van der Waals surface area contributed by atoms with Gasteiger partial charge in [-0.15, -0.1) is 0 Å². The Kier molecular flexibility index (Phi) is 55.9. The SMILES string of the molecule is C.C.C.C.CNCCC[N+](C)(C)C.CNCCC[N+](C)(C)CC(=O)[O-].CNCCOC(=O)C(CC(=O)[O-])S(=O)(=O)[O-].[Na+].[Na+]. The van der Waals surface area contributed by atoms with Gasteiger partial charge in [-0.05, 0) is 21.1 Å². The van der Waals surface area contributed by atoms with Gasteiger partial charge in [-0.3, -0.25) is 4.79 Å². The summed E-state index contributed by atoms with van der Waals surface area (Å²) in [6, 6.07) is 0. The second-order valence-electron chi connectivity index (χ2n) is 9.95. The Morgan fingerprint density at radius 3 is 1.44 bits per heavy atom. The van der Waals surface area contributed by atoms with Gasteiger partial charge in [-0.1, -0.05) is 29.7 Å². The number of ether oxygens (including phenoxy) is 1. The standard InChI is InChI=1S/C8H18N2O2.C7H19N2.C7H13NO7S.4CH4.2Na/c1-9-5-4-6-10(2,3)7-8(11)12;1-8-6-5-7-9(2,3)4;1-8-2-3-15-7(11)5(4-6(9)10)16(12,13)14;;;;;;/h9H,4-7H2,1-3H3;8H,5-7H2,1-4H3;5,8H,2-4H2,1H3,(H,9,10)(H,12,13,14);4*1H4;;/q;+1;;;;;;2*+1/p-2. The van der Waals surface area contributed by atoms with Crippen molar-refractivity contribution in [1.29, 1.82) is 0 Å². The van der Waals surface area contributed by atoms with E-state index in [-0.39, 0.29) is 109 Å². The number of carboxylic acid groups (broad SMARTS) is 2. The number of rotatable bonds is 17. The fourth-order valence-electron chi connectivity index (χ4n) is 2.64. The van der Waals surface area contributed by atoms with Crippen LogP contribution >= 0.6 is 0 Å². The van der Waals surface area contributed by atoms with Crippen LogP contribution in [-0.4, -0.2) is 147 Å². The number of aliphatic carboxylic acids is 2. The summed E-state index contributed by atoms with van der Waals surface area (Å²) in [4.78, 5) is 31.5. The molecule has 0 rings (SSSR count). The first kappa shape index (κ1) is 65.7. The minimum atomic E-state index is -5.06. The number of nitrogens with one attached hydrogen (secondary N) is 3. The summed E-state index contributed by atoms with van der Waals surface area (Å²) < 4.78 is 37.7. The van der Waals surface area contributed by atoms with E-state index in [4.69, 9.17) is 0 Å². The fourth-order valence-corrected chi connectivity index (χ4v) is 3.29. The van der Waals surface area contributed by atoms with Crippen molar-refractivity contribution < 1.29 is 110 Å². The molecule has 14 nitrogen and oxygen atoms in total. The monoisotopic (exact) mass is 668 g/mol. The summed E-state index contributed by atoms with van der Waals surface area (Å²) in [5, 5.41) is 27.0. The molecule has 0 heterocycles. The van der Waals surface area contributed by atoms with E-state index in [1.54, 1.807) is 7.05 Å². The molecule has 0 aliphatic heterocycles. The van der Waals surface area contributed by atoms with Crippen molar-refractivity contribution in [2.75, 3.05) is 102 Å². The third-order valence-electron chi connectivity index (χ3n) is 4.56. The molecule has 0 amide bonds. The molecule has 43 heavy (non-hydrogen) atoms. The smallest absolute Gasteiger partial charge is 0.747 e. The van der Waals surface area contributed by atoms with Gasteiger partial charge in [0.15, 0.2) is 5.25 Å². The topological polar surface area (TPSA) is 200 Å². The first-order valence-electron chi connectivity index (χ1n) is 11.9. The summed E-state index contributed by atoms with van der Waals surface area (Å²) >= 11 is 0. The van der Waals surface area contributed by atoms with E-state index in [1.165, 1.54) is 13.0 Å². The first-order chi connectivity index (χ1) is 16.8. The summed E-state index contributed by atoms with van der Waals surface area (Å²) in [5.74, 6) is -4.17. The van der Waals surface area contributed by atoms with E-state index in [9.17, 15) is 37.6 Å². The number of esters is 1. The number of quaternary nitrogens is 2. The number of hydrogen-bond acceptors (Lipinski definition) is 12. The zero-order valence-electron chi connectivity index (χ0n) is 25.6. The van der Waals surface area contributed by atoms with Crippen molar-refractivity contribution in [1.82, 2.24) is 16.0 Å². The van der Waals surface area contributed by atoms with E-state index < -0.39 is 39.7 Å². The molecular weight excluding hydrogens is 604 g/mol. The minimum Gasteiger partial charge on any atom is -0.747 e. The number of carbonyl (C=O) groups excluding carboxylic acids is 3. The summed E-state index contributed by atoms with van der Waals surface area (Å²) in [7, 11) is 10.8. The van der Waals surface area contributed by atoms with Crippen molar-refractivity contribution in [3.8, 4) is 0 Å². The first-order valence-corrected chi connectivity index (χ1v) is 13.4. The number of carbonyl (C=O) groups is 3. The van der Waals surface area contributed by atoms with Gasteiger partial charge < -0.3 is 54.0 Å². The second-order valence-corrected chi connectivity index (χ2v) is 11.5. The number of hydrogen-bond donors (Lipinski definition) is 3. The Balaban J connectivity index is -0.0000000556. The summed E-state index contributed by atoms with van der Waals surface area (Å²) in [6.45, 7) is 4.35. The molecular formula is C26H64N5Na2O9S+. The molecule has 0 radical (unpaired) electrons. The van der Waals surface area contributed by atoms with Crippen LogP contribution in [-0.2, 0) is 29.2 Å². The Labute approximate surface area is 308 Å². The Hall–Kier alpha value is 0.120. The van der Waals surface area contributed by atoms with Gasteiger partial charge in [0.2, 0.25) is 0 Å². The summed E-state index contributed by atoms with van der Waals surface area (Å²) in [5.41, 5.74) is 0. The van der Waals surface area contributed by atoms with Gasteiger partial charge in [0, 0.05) is 44.9 Å². The molecule has 3 N–H and O–H groups in total. The predicted octanol–water partition coefficient (Wildman–Crippen LogP) is -7.92. The number of likely N-dealkylation sites (N-methyl/N-ethyl adjacent to an activating group) is 2. The quantitative estimate of drug-likeness (QED) is 0.0436. The maximum Gasteiger partial charge on any atom is 1.00 e. The maximum atomic E-state index is 11.1. The van der Waals surface area contributed by atoms with E-state index in [1.807, 2.05) is 28.2 Å². The molecule has 0 aromatic heterocycles. The maximum absolute atomic E-state index is 11.1. The Bertz CT molecular complexity index is 756. The molecule has 0 saturated heterocycles. The third-order valence-corrected chi connectivity index (χ3v) is 5.62. The predicted molar refractivity (Wildman–Crippen MR) is 162 cm³/mol. The van der Waals surface area contributed by atoms with Crippen LogP contribution in [0.1, 0.15) is 49.0 Å². The molecule has 1 atom stereocenters. The van der Waals surface area contributed by atoms with Gasteiger partial charge in [-0.2, -0.15) is 0 Å². The Morgan fingerprint density at radius 2 is 1.14 bits per heavy atom. The second kappa shape index (κ2) is 36.6. The van der Waals surface area contributed by atoms with E-state index in [2.05, 4.69) is 41.8 Å².